The largest absolute Gasteiger partial charge is 0.330 e. The van der Waals surface area contributed by atoms with Crippen LogP contribution < -0.4 is 11.1 Å². The molecule has 0 saturated carbocycles. The molecule has 21 heavy (non-hydrogen) atoms. The van der Waals surface area contributed by atoms with Gasteiger partial charge < -0.3 is 11.1 Å². The van der Waals surface area contributed by atoms with Crippen LogP contribution in [-0.2, 0) is 13.0 Å². The number of carbonyl (C=O) groups is 1. The van der Waals surface area contributed by atoms with Crippen LogP contribution in [-0.4, -0.2) is 22.2 Å². The molecule has 0 radical (unpaired) electrons. The van der Waals surface area contributed by atoms with Crippen LogP contribution in [0.2, 0.25) is 0 Å². The van der Waals surface area contributed by atoms with E-state index < -0.39 is 0 Å². The molecule has 2 rings (SSSR count). The van der Waals surface area contributed by atoms with E-state index in [1.807, 2.05) is 35.9 Å². The van der Waals surface area contributed by atoms with E-state index >= 15 is 0 Å². The Morgan fingerprint density at radius 1 is 1.43 bits per heavy atom. The second-order valence-corrected chi connectivity index (χ2v) is 5.02. The van der Waals surface area contributed by atoms with E-state index in [0.717, 1.165) is 30.8 Å². The summed E-state index contributed by atoms with van der Waals surface area (Å²) in [6.07, 6.45) is 3.41. The molecule has 0 fully saturated rings. The second kappa shape index (κ2) is 7.04. The van der Waals surface area contributed by atoms with Gasteiger partial charge in [0, 0.05) is 17.9 Å². The van der Waals surface area contributed by atoms with Gasteiger partial charge in [-0.25, -0.2) is 0 Å². The first-order valence-corrected chi connectivity index (χ1v) is 7.28. The summed E-state index contributed by atoms with van der Waals surface area (Å²) in [6.45, 7) is 5.35. The average Bonchev–Trinajstić information content (AvgIpc) is 2.86. The lowest BCUT2D eigenvalue weighted by Crippen LogP contribution is -2.14. The molecule has 0 aliphatic carbocycles. The first-order chi connectivity index (χ1) is 10.2. The van der Waals surface area contributed by atoms with Crippen LogP contribution in [0, 0.1) is 6.92 Å². The number of carbonyl (C=O) groups excluding carboxylic acids is 1. The molecule has 0 aliphatic heterocycles. The van der Waals surface area contributed by atoms with Crippen LogP contribution in [0.25, 0.3) is 0 Å². The summed E-state index contributed by atoms with van der Waals surface area (Å²) in [5.41, 5.74) is 8.99. The Balaban J connectivity index is 2.11. The van der Waals surface area contributed by atoms with E-state index in [0.29, 0.717) is 12.1 Å². The zero-order valence-electron chi connectivity index (χ0n) is 12.6. The van der Waals surface area contributed by atoms with Crippen molar-refractivity contribution < 1.29 is 4.79 Å². The first kappa shape index (κ1) is 15.3. The molecule has 1 amide bonds. The summed E-state index contributed by atoms with van der Waals surface area (Å²) in [7, 11) is 0. The van der Waals surface area contributed by atoms with Gasteiger partial charge in [0.1, 0.15) is 0 Å². The fourth-order valence-electron chi connectivity index (χ4n) is 2.20. The van der Waals surface area contributed by atoms with Crippen molar-refractivity contribution in [2.45, 2.75) is 33.2 Å². The van der Waals surface area contributed by atoms with Gasteiger partial charge >= 0.3 is 0 Å². The summed E-state index contributed by atoms with van der Waals surface area (Å²) >= 11 is 0. The molecule has 3 N–H and O–H groups in total. The number of aromatic nitrogens is 2. The zero-order valence-corrected chi connectivity index (χ0v) is 12.6. The van der Waals surface area contributed by atoms with Crippen LogP contribution in [0.3, 0.4) is 0 Å². The lowest BCUT2D eigenvalue weighted by atomic mass is 10.1. The molecule has 112 valence electrons. The van der Waals surface area contributed by atoms with Crippen molar-refractivity contribution in [1.82, 2.24) is 9.78 Å². The molecule has 0 aliphatic rings. The molecule has 5 nitrogen and oxygen atoms in total. The monoisotopic (exact) mass is 286 g/mol. The molecule has 0 unspecified atom stereocenters. The van der Waals surface area contributed by atoms with Crippen molar-refractivity contribution in [1.29, 1.82) is 0 Å². The van der Waals surface area contributed by atoms with Gasteiger partial charge in [-0.3, -0.25) is 9.48 Å². The van der Waals surface area contributed by atoms with E-state index in [4.69, 9.17) is 5.73 Å². The third-order valence-corrected chi connectivity index (χ3v) is 3.51. The molecular weight excluding hydrogens is 264 g/mol. The number of hydrogen-bond acceptors (Lipinski definition) is 3. The molecular formula is C16H22N4O. The Morgan fingerprint density at radius 2 is 2.24 bits per heavy atom. The second-order valence-electron chi connectivity index (χ2n) is 5.02. The third kappa shape index (κ3) is 3.70. The molecule has 0 saturated heterocycles. The summed E-state index contributed by atoms with van der Waals surface area (Å²) < 4.78 is 1.82. The number of nitrogens with two attached hydrogens (primary N) is 1. The Hall–Kier alpha value is -2.14. The van der Waals surface area contributed by atoms with Crippen LogP contribution in [0.4, 0.5) is 5.69 Å². The molecule has 0 bridgehead atoms. The van der Waals surface area contributed by atoms with Crippen LogP contribution in [0.15, 0.2) is 30.5 Å². The van der Waals surface area contributed by atoms with Crippen LogP contribution >= 0.6 is 0 Å². The maximum atomic E-state index is 12.3. The molecule has 5 heteroatoms. The third-order valence-electron chi connectivity index (χ3n) is 3.51. The number of hydrogen-bond donors (Lipinski definition) is 2. The smallest absolute Gasteiger partial charge is 0.259 e. The van der Waals surface area contributed by atoms with Crippen molar-refractivity contribution in [3.05, 3.63) is 47.3 Å². The van der Waals surface area contributed by atoms with Crippen molar-refractivity contribution in [2.75, 3.05) is 11.9 Å². The van der Waals surface area contributed by atoms with Gasteiger partial charge in [-0.15, -0.1) is 0 Å². The Bertz CT molecular complexity index is 618. The Morgan fingerprint density at radius 3 is 2.95 bits per heavy atom. The fourth-order valence-corrected chi connectivity index (χ4v) is 2.20. The van der Waals surface area contributed by atoms with Crippen molar-refractivity contribution in [3.8, 4) is 0 Å². The number of rotatable bonds is 6. The fraction of sp³-hybridized carbons (Fsp3) is 0.375. The van der Waals surface area contributed by atoms with Crippen LogP contribution in [0.5, 0.6) is 0 Å². The minimum absolute atomic E-state index is 0.125. The van der Waals surface area contributed by atoms with Crippen molar-refractivity contribution >= 4 is 11.6 Å². The normalized spacial score (nSPS) is 10.6. The first-order valence-electron chi connectivity index (χ1n) is 7.28. The SMILES string of the molecule is CCc1cccc(NC(=O)c2cnn(CCCN)c2C)c1. The van der Waals surface area contributed by atoms with Gasteiger partial charge in [-0.05, 0) is 44.0 Å². The van der Waals surface area contributed by atoms with Gasteiger partial charge in [0.25, 0.3) is 5.91 Å². The van der Waals surface area contributed by atoms with Gasteiger partial charge in [0.15, 0.2) is 0 Å². The quantitative estimate of drug-likeness (QED) is 0.856. The lowest BCUT2D eigenvalue weighted by molar-refractivity contribution is 0.102. The van der Waals surface area contributed by atoms with E-state index in [-0.39, 0.29) is 5.91 Å². The number of nitrogens with one attached hydrogen (secondary N) is 1. The minimum Gasteiger partial charge on any atom is -0.330 e. The number of aryl methyl sites for hydroxylation is 2. The van der Waals surface area contributed by atoms with E-state index in [1.165, 1.54) is 5.56 Å². The maximum Gasteiger partial charge on any atom is 0.259 e. The van der Waals surface area contributed by atoms with E-state index in [9.17, 15) is 4.79 Å². The molecule has 0 atom stereocenters. The average molecular weight is 286 g/mol. The number of anilines is 1. The highest BCUT2D eigenvalue weighted by atomic mass is 16.1. The highest BCUT2D eigenvalue weighted by Gasteiger charge is 2.14. The maximum absolute atomic E-state index is 12.3. The molecule has 1 aromatic heterocycles. The van der Waals surface area contributed by atoms with Crippen molar-refractivity contribution in [2.24, 2.45) is 5.73 Å². The predicted octanol–water partition coefficient (Wildman–Crippen LogP) is 2.36. The van der Waals surface area contributed by atoms with Gasteiger partial charge in [-0.1, -0.05) is 19.1 Å². The minimum atomic E-state index is -0.125. The van der Waals surface area contributed by atoms with Gasteiger partial charge in [-0.2, -0.15) is 5.10 Å². The standard InChI is InChI=1S/C16H22N4O/c1-3-13-6-4-7-14(10-13)19-16(21)15-11-18-20(12(15)2)9-5-8-17/h4,6-7,10-11H,3,5,8-9,17H2,1-2H3,(H,19,21). The summed E-state index contributed by atoms with van der Waals surface area (Å²) in [5.74, 6) is -0.125. The summed E-state index contributed by atoms with van der Waals surface area (Å²) in [5, 5.41) is 7.18. The van der Waals surface area contributed by atoms with E-state index in [2.05, 4.69) is 17.3 Å². The summed E-state index contributed by atoms with van der Waals surface area (Å²) in [6, 6.07) is 7.88. The van der Waals surface area contributed by atoms with Crippen molar-refractivity contribution in [3.63, 3.8) is 0 Å². The number of benzene rings is 1. The Kier molecular flexibility index (Phi) is 5.11. The molecule has 1 aromatic carbocycles. The number of amides is 1. The highest BCUT2D eigenvalue weighted by Crippen LogP contribution is 2.14. The Labute approximate surface area is 125 Å². The summed E-state index contributed by atoms with van der Waals surface area (Å²) in [4.78, 5) is 12.3. The number of nitrogens with zero attached hydrogens (tertiary/aromatic N) is 2. The van der Waals surface area contributed by atoms with E-state index in [1.54, 1.807) is 6.20 Å². The molecule has 0 spiro atoms. The highest BCUT2D eigenvalue weighted by molar-refractivity contribution is 6.04. The molecule has 1 heterocycles. The predicted molar refractivity (Wildman–Crippen MR) is 84.4 cm³/mol. The van der Waals surface area contributed by atoms with Gasteiger partial charge in [0.2, 0.25) is 0 Å². The molecule has 2 aromatic rings. The van der Waals surface area contributed by atoms with Gasteiger partial charge in [0.05, 0.1) is 11.8 Å². The van der Waals surface area contributed by atoms with Crippen LogP contribution in [0.1, 0.15) is 35.0 Å². The topological polar surface area (TPSA) is 72.9 Å². The lowest BCUT2D eigenvalue weighted by Gasteiger charge is -2.07. The zero-order chi connectivity index (χ0) is 15.2.